The molecular formula is C14H15ClF3NO3. The van der Waals surface area contributed by atoms with Gasteiger partial charge < -0.3 is 14.7 Å². The second kappa shape index (κ2) is 6.34. The number of hydrogen-bond donors (Lipinski definition) is 1. The van der Waals surface area contributed by atoms with E-state index in [1.54, 1.807) is 6.92 Å². The van der Waals surface area contributed by atoms with Gasteiger partial charge in [0.2, 0.25) is 0 Å². The SMILES string of the molecule is CCOC(=O)[C@H]1CCC(O)N1c1cc(Cl)cc(C(F)(F)F)c1. The summed E-state index contributed by atoms with van der Waals surface area (Å²) in [6.45, 7) is 1.79. The molecule has 2 rings (SSSR count). The average Bonchev–Trinajstić information content (AvgIpc) is 2.79. The molecule has 0 aliphatic carbocycles. The van der Waals surface area contributed by atoms with Crippen molar-refractivity contribution in [1.82, 2.24) is 0 Å². The average molecular weight is 338 g/mol. The van der Waals surface area contributed by atoms with E-state index in [0.29, 0.717) is 6.42 Å². The lowest BCUT2D eigenvalue weighted by atomic mass is 10.1. The quantitative estimate of drug-likeness (QED) is 0.860. The standard InChI is InChI=1S/C14H15ClF3NO3/c1-2-22-13(21)11-3-4-12(20)19(11)10-6-8(14(16,17)18)5-9(15)7-10/h5-7,11-12,20H,2-4H2,1H3/t11-,12?/m1/s1. The molecule has 1 N–H and O–H groups in total. The Morgan fingerprint density at radius 3 is 2.68 bits per heavy atom. The third-order valence-electron chi connectivity index (χ3n) is 3.42. The molecule has 0 radical (unpaired) electrons. The summed E-state index contributed by atoms with van der Waals surface area (Å²) in [5, 5.41) is 9.89. The van der Waals surface area contributed by atoms with E-state index in [9.17, 15) is 23.1 Å². The molecule has 8 heteroatoms. The van der Waals surface area contributed by atoms with E-state index in [-0.39, 0.29) is 23.7 Å². The van der Waals surface area contributed by atoms with Crippen molar-refractivity contribution in [3.05, 3.63) is 28.8 Å². The van der Waals surface area contributed by atoms with E-state index in [4.69, 9.17) is 16.3 Å². The highest BCUT2D eigenvalue weighted by molar-refractivity contribution is 6.31. The van der Waals surface area contributed by atoms with Gasteiger partial charge in [0.15, 0.2) is 0 Å². The number of carbonyl (C=O) groups is 1. The summed E-state index contributed by atoms with van der Waals surface area (Å²) in [6.07, 6.45) is -5.07. The molecule has 1 aliphatic rings. The first-order chi connectivity index (χ1) is 10.2. The second-order valence-corrected chi connectivity index (χ2v) is 5.37. The summed E-state index contributed by atoms with van der Waals surface area (Å²) in [5.74, 6) is -0.576. The highest BCUT2D eigenvalue weighted by atomic mass is 35.5. The number of hydrogen-bond acceptors (Lipinski definition) is 4. The van der Waals surface area contributed by atoms with Crippen LogP contribution >= 0.6 is 11.6 Å². The molecule has 1 fully saturated rings. The Labute approximate surface area is 130 Å². The van der Waals surface area contributed by atoms with E-state index < -0.39 is 30.0 Å². The Kier molecular flexibility index (Phi) is 4.87. The molecule has 1 saturated heterocycles. The predicted octanol–water partition coefficient (Wildman–Crippen LogP) is 3.21. The molecule has 122 valence electrons. The molecule has 1 aliphatic heterocycles. The van der Waals surface area contributed by atoms with E-state index in [2.05, 4.69) is 0 Å². The number of aliphatic hydroxyl groups is 1. The third-order valence-corrected chi connectivity index (χ3v) is 3.64. The van der Waals surface area contributed by atoms with Crippen LogP contribution < -0.4 is 4.90 Å². The lowest BCUT2D eigenvalue weighted by molar-refractivity contribution is -0.144. The summed E-state index contributed by atoms with van der Waals surface area (Å²) in [5.41, 5.74) is -0.889. The van der Waals surface area contributed by atoms with Gasteiger partial charge in [0.05, 0.1) is 12.2 Å². The van der Waals surface area contributed by atoms with Crippen molar-refractivity contribution in [3.63, 3.8) is 0 Å². The normalized spacial score (nSPS) is 22.0. The van der Waals surface area contributed by atoms with Crippen molar-refractivity contribution in [2.45, 2.75) is 38.2 Å². The maximum atomic E-state index is 12.9. The van der Waals surface area contributed by atoms with Crippen molar-refractivity contribution in [2.75, 3.05) is 11.5 Å². The molecule has 4 nitrogen and oxygen atoms in total. The van der Waals surface area contributed by atoms with E-state index in [1.807, 2.05) is 0 Å². The zero-order valence-electron chi connectivity index (χ0n) is 11.7. The summed E-state index contributed by atoms with van der Waals surface area (Å²) < 4.78 is 43.5. The summed E-state index contributed by atoms with van der Waals surface area (Å²) in [6, 6.07) is 2.13. The number of rotatable bonds is 3. The maximum absolute atomic E-state index is 12.9. The molecule has 0 aromatic heterocycles. The van der Waals surface area contributed by atoms with Crippen LogP contribution in [-0.4, -0.2) is 30.0 Å². The number of halogens is 4. The largest absolute Gasteiger partial charge is 0.464 e. The summed E-state index contributed by atoms with van der Waals surface area (Å²) >= 11 is 5.75. The van der Waals surface area contributed by atoms with Gasteiger partial charge in [0.1, 0.15) is 12.3 Å². The van der Waals surface area contributed by atoms with Crippen molar-refractivity contribution in [1.29, 1.82) is 0 Å². The van der Waals surface area contributed by atoms with Crippen LogP contribution in [0.4, 0.5) is 18.9 Å². The van der Waals surface area contributed by atoms with Crippen LogP contribution in [-0.2, 0) is 15.7 Å². The number of nitrogens with zero attached hydrogens (tertiary/aromatic N) is 1. The zero-order chi connectivity index (χ0) is 16.5. The highest BCUT2D eigenvalue weighted by Crippen LogP contribution is 2.37. The predicted molar refractivity (Wildman–Crippen MR) is 74.6 cm³/mol. The Balaban J connectivity index is 2.39. The fourth-order valence-corrected chi connectivity index (χ4v) is 2.73. The second-order valence-electron chi connectivity index (χ2n) is 4.93. The fourth-order valence-electron chi connectivity index (χ4n) is 2.50. The summed E-state index contributed by atoms with van der Waals surface area (Å²) in [7, 11) is 0. The number of aliphatic hydroxyl groups excluding tert-OH is 1. The van der Waals surface area contributed by atoms with Gasteiger partial charge in [-0.2, -0.15) is 13.2 Å². The van der Waals surface area contributed by atoms with Gasteiger partial charge in [0.25, 0.3) is 0 Å². The van der Waals surface area contributed by atoms with Crippen LogP contribution in [0.1, 0.15) is 25.3 Å². The minimum atomic E-state index is -4.57. The molecule has 1 aromatic carbocycles. The minimum absolute atomic E-state index is 0.0443. The number of esters is 1. The molecule has 0 saturated carbocycles. The first-order valence-corrected chi connectivity index (χ1v) is 7.12. The number of alkyl halides is 3. The number of ether oxygens (including phenoxy) is 1. The number of anilines is 1. The van der Waals surface area contributed by atoms with Crippen molar-refractivity contribution < 1.29 is 27.8 Å². The maximum Gasteiger partial charge on any atom is 0.416 e. The molecular weight excluding hydrogens is 323 g/mol. The monoisotopic (exact) mass is 337 g/mol. The molecule has 0 spiro atoms. The van der Waals surface area contributed by atoms with Gasteiger partial charge in [-0.1, -0.05) is 11.6 Å². The van der Waals surface area contributed by atoms with Crippen LogP contribution in [0.3, 0.4) is 0 Å². The number of benzene rings is 1. The van der Waals surface area contributed by atoms with Crippen LogP contribution in [0.25, 0.3) is 0 Å². The highest BCUT2D eigenvalue weighted by Gasteiger charge is 2.39. The molecule has 2 atom stereocenters. The smallest absolute Gasteiger partial charge is 0.416 e. The van der Waals surface area contributed by atoms with Gasteiger partial charge in [0, 0.05) is 10.7 Å². The van der Waals surface area contributed by atoms with E-state index in [0.717, 1.165) is 12.1 Å². The van der Waals surface area contributed by atoms with Crippen LogP contribution in [0.15, 0.2) is 18.2 Å². The Morgan fingerprint density at radius 1 is 1.41 bits per heavy atom. The van der Waals surface area contributed by atoms with Crippen molar-refractivity contribution in [2.24, 2.45) is 0 Å². The summed E-state index contributed by atoms with van der Waals surface area (Å²) in [4.78, 5) is 13.1. The molecule has 22 heavy (non-hydrogen) atoms. The van der Waals surface area contributed by atoms with Crippen molar-refractivity contribution in [3.8, 4) is 0 Å². The fraction of sp³-hybridized carbons (Fsp3) is 0.500. The Hall–Kier alpha value is -1.47. The van der Waals surface area contributed by atoms with Gasteiger partial charge in [-0.15, -0.1) is 0 Å². The molecule has 1 heterocycles. The van der Waals surface area contributed by atoms with Gasteiger partial charge in [-0.25, -0.2) is 4.79 Å². The van der Waals surface area contributed by atoms with Crippen LogP contribution in [0.5, 0.6) is 0 Å². The van der Waals surface area contributed by atoms with Crippen LogP contribution in [0, 0.1) is 0 Å². The molecule has 1 aromatic rings. The lowest BCUT2D eigenvalue weighted by Gasteiger charge is -2.29. The van der Waals surface area contributed by atoms with Gasteiger partial charge >= 0.3 is 12.1 Å². The molecule has 0 bridgehead atoms. The Bertz CT molecular complexity index is 565. The van der Waals surface area contributed by atoms with Gasteiger partial charge in [-0.05, 0) is 38.0 Å². The first kappa shape index (κ1) is 16.9. The first-order valence-electron chi connectivity index (χ1n) is 6.75. The topological polar surface area (TPSA) is 49.8 Å². The molecule has 0 amide bonds. The lowest BCUT2D eigenvalue weighted by Crippen LogP contribution is -2.42. The molecule has 1 unspecified atom stereocenters. The van der Waals surface area contributed by atoms with E-state index in [1.165, 1.54) is 11.0 Å². The van der Waals surface area contributed by atoms with Gasteiger partial charge in [-0.3, -0.25) is 0 Å². The van der Waals surface area contributed by atoms with Crippen molar-refractivity contribution >= 4 is 23.3 Å². The minimum Gasteiger partial charge on any atom is -0.464 e. The Morgan fingerprint density at radius 2 is 2.09 bits per heavy atom. The zero-order valence-corrected chi connectivity index (χ0v) is 12.5. The number of carbonyl (C=O) groups excluding carboxylic acids is 1. The third kappa shape index (κ3) is 3.47. The van der Waals surface area contributed by atoms with Crippen LogP contribution in [0.2, 0.25) is 5.02 Å². The van der Waals surface area contributed by atoms with E-state index >= 15 is 0 Å².